The number of nitrogens with zero attached hydrogens (tertiary/aromatic N) is 1. The summed E-state index contributed by atoms with van der Waals surface area (Å²) in [5, 5.41) is 6.51. The summed E-state index contributed by atoms with van der Waals surface area (Å²) in [5.41, 5.74) is 1.59. The van der Waals surface area contributed by atoms with Crippen LogP contribution in [0.5, 0.6) is 0 Å². The number of piperazine rings is 1. The Morgan fingerprint density at radius 1 is 1.41 bits per heavy atom. The number of amides is 1. The second-order valence-corrected chi connectivity index (χ2v) is 4.39. The second kappa shape index (κ2) is 5.38. The van der Waals surface area contributed by atoms with Crippen LogP contribution in [-0.4, -0.2) is 39.1 Å². The van der Waals surface area contributed by atoms with Gasteiger partial charge in [-0.25, -0.2) is 0 Å². The maximum Gasteiger partial charge on any atom is 0.251 e. The fourth-order valence-electron chi connectivity index (χ4n) is 1.95. The Balaban J connectivity index is 2.21. The van der Waals surface area contributed by atoms with Crippen molar-refractivity contribution in [2.75, 3.05) is 38.1 Å². The van der Waals surface area contributed by atoms with Crippen LogP contribution in [0.2, 0.25) is 5.02 Å². The average Bonchev–Trinajstić information content (AvgIpc) is 2.38. The van der Waals surface area contributed by atoms with Gasteiger partial charge < -0.3 is 15.5 Å². The van der Waals surface area contributed by atoms with Gasteiger partial charge in [-0.15, -0.1) is 0 Å². The van der Waals surface area contributed by atoms with Crippen molar-refractivity contribution in [2.24, 2.45) is 0 Å². The Morgan fingerprint density at radius 2 is 2.12 bits per heavy atom. The molecule has 0 aromatic heterocycles. The first-order valence-electron chi connectivity index (χ1n) is 5.69. The molecule has 5 heteroatoms. The van der Waals surface area contributed by atoms with E-state index in [1.807, 2.05) is 12.1 Å². The zero-order valence-electron chi connectivity index (χ0n) is 9.79. The lowest BCUT2D eigenvalue weighted by Crippen LogP contribution is -2.43. The maximum absolute atomic E-state index is 11.5. The predicted octanol–water partition coefficient (Wildman–Crippen LogP) is 1.11. The minimum absolute atomic E-state index is 0.112. The van der Waals surface area contributed by atoms with Gasteiger partial charge in [-0.2, -0.15) is 0 Å². The van der Waals surface area contributed by atoms with Crippen molar-refractivity contribution in [3.63, 3.8) is 0 Å². The molecule has 17 heavy (non-hydrogen) atoms. The largest absolute Gasteiger partial charge is 0.368 e. The quantitative estimate of drug-likeness (QED) is 0.830. The molecular formula is C12H16ClN3O. The number of hydrogen-bond donors (Lipinski definition) is 2. The molecule has 92 valence electrons. The Labute approximate surface area is 106 Å². The van der Waals surface area contributed by atoms with Gasteiger partial charge in [-0.3, -0.25) is 4.79 Å². The molecule has 1 aromatic rings. The predicted molar refractivity (Wildman–Crippen MR) is 69.9 cm³/mol. The van der Waals surface area contributed by atoms with Crippen molar-refractivity contribution >= 4 is 23.2 Å². The monoisotopic (exact) mass is 253 g/mol. The first-order chi connectivity index (χ1) is 8.22. The lowest BCUT2D eigenvalue weighted by molar-refractivity contribution is 0.0963. The van der Waals surface area contributed by atoms with E-state index >= 15 is 0 Å². The van der Waals surface area contributed by atoms with Crippen molar-refractivity contribution in [1.29, 1.82) is 0 Å². The highest BCUT2D eigenvalue weighted by atomic mass is 35.5. The number of anilines is 1. The fourth-order valence-corrected chi connectivity index (χ4v) is 2.25. The lowest BCUT2D eigenvalue weighted by atomic mass is 10.1. The van der Waals surface area contributed by atoms with Crippen LogP contribution in [0.1, 0.15) is 10.4 Å². The number of hydrogen-bond acceptors (Lipinski definition) is 3. The highest BCUT2D eigenvalue weighted by molar-refractivity contribution is 6.33. The summed E-state index contributed by atoms with van der Waals surface area (Å²) in [6.45, 7) is 3.82. The van der Waals surface area contributed by atoms with E-state index in [1.165, 1.54) is 0 Å². The van der Waals surface area contributed by atoms with E-state index in [1.54, 1.807) is 13.1 Å². The third kappa shape index (κ3) is 2.70. The van der Waals surface area contributed by atoms with Gasteiger partial charge in [0.15, 0.2) is 0 Å². The van der Waals surface area contributed by atoms with Crippen LogP contribution >= 0.6 is 11.6 Å². The fraction of sp³-hybridized carbons (Fsp3) is 0.417. The summed E-state index contributed by atoms with van der Waals surface area (Å²) >= 11 is 6.22. The molecule has 1 fully saturated rings. The summed E-state index contributed by atoms with van der Waals surface area (Å²) in [4.78, 5) is 13.7. The normalized spacial score (nSPS) is 15.8. The van der Waals surface area contributed by atoms with Crippen LogP contribution in [0.3, 0.4) is 0 Å². The van der Waals surface area contributed by atoms with Gasteiger partial charge in [0.05, 0.1) is 10.7 Å². The molecular weight excluding hydrogens is 238 g/mol. The minimum atomic E-state index is -0.112. The number of benzene rings is 1. The van der Waals surface area contributed by atoms with E-state index in [9.17, 15) is 4.79 Å². The Morgan fingerprint density at radius 3 is 2.71 bits per heavy atom. The number of carbonyl (C=O) groups excluding carboxylic acids is 1. The van der Waals surface area contributed by atoms with Gasteiger partial charge in [0.25, 0.3) is 5.91 Å². The molecule has 0 atom stereocenters. The summed E-state index contributed by atoms with van der Waals surface area (Å²) in [6, 6.07) is 5.44. The van der Waals surface area contributed by atoms with E-state index in [0.717, 1.165) is 31.9 Å². The molecule has 1 saturated heterocycles. The molecule has 1 aliphatic heterocycles. The van der Waals surface area contributed by atoms with Crippen molar-refractivity contribution in [3.8, 4) is 0 Å². The van der Waals surface area contributed by atoms with Crippen LogP contribution in [0.25, 0.3) is 0 Å². The smallest absolute Gasteiger partial charge is 0.251 e. The van der Waals surface area contributed by atoms with Crippen molar-refractivity contribution < 1.29 is 4.79 Å². The summed E-state index contributed by atoms with van der Waals surface area (Å²) in [7, 11) is 1.61. The Kier molecular flexibility index (Phi) is 3.86. The molecule has 1 aromatic carbocycles. The topological polar surface area (TPSA) is 44.4 Å². The van der Waals surface area contributed by atoms with Crippen LogP contribution in [0.4, 0.5) is 5.69 Å². The van der Waals surface area contributed by atoms with Gasteiger partial charge in [0, 0.05) is 38.8 Å². The highest BCUT2D eigenvalue weighted by Gasteiger charge is 2.14. The van der Waals surface area contributed by atoms with Gasteiger partial charge in [0.2, 0.25) is 0 Å². The Bertz CT molecular complexity index is 416. The molecule has 0 saturated carbocycles. The molecule has 2 N–H and O–H groups in total. The van der Waals surface area contributed by atoms with Gasteiger partial charge >= 0.3 is 0 Å². The van der Waals surface area contributed by atoms with Crippen molar-refractivity contribution in [2.45, 2.75) is 0 Å². The van der Waals surface area contributed by atoms with E-state index in [2.05, 4.69) is 15.5 Å². The van der Waals surface area contributed by atoms with Gasteiger partial charge in [-0.05, 0) is 18.2 Å². The molecule has 0 radical (unpaired) electrons. The Hall–Kier alpha value is -1.26. The molecule has 2 rings (SSSR count). The SMILES string of the molecule is CNC(=O)c1ccc(N2CCNCC2)c(Cl)c1. The molecule has 0 unspecified atom stereocenters. The molecule has 1 heterocycles. The van der Waals surface area contributed by atoms with E-state index in [-0.39, 0.29) is 5.91 Å². The summed E-state index contributed by atoms with van der Waals surface area (Å²) in [6.07, 6.45) is 0. The maximum atomic E-state index is 11.5. The zero-order valence-corrected chi connectivity index (χ0v) is 10.5. The molecule has 0 aliphatic carbocycles. The third-order valence-corrected chi connectivity index (χ3v) is 3.20. The lowest BCUT2D eigenvalue weighted by Gasteiger charge is -2.30. The van der Waals surface area contributed by atoms with E-state index < -0.39 is 0 Å². The number of halogens is 1. The molecule has 4 nitrogen and oxygen atoms in total. The standard InChI is InChI=1S/C12H16ClN3O/c1-14-12(17)9-2-3-11(10(13)8-9)16-6-4-15-5-7-16/h2-3,8,15H,4-7H2,1H3,(H,14,17). The molecule has 1 amide bonds. The van der Waals surface area contributed by atoms with Crippen molar-refractivity contribution in [3.05, 3.63) is 28.8 Å². The van der Waals surface area contributed by atoms with E-state index in [0.29, 0.717) is 10.6 Å². The van der Waals surface area contributed by atoms with Crippen molar-refractivity contribution in [1.82, 2.24) is 10.6 Å². The average molecular weight is 254 g/mol. The van der Waals surface area contributed by atoms with Gasteiger partial charge in [-0.1, -0.05) is 11.6 Å². The minimum Gasteiger partial charge on any atom is -0.368 e. The van der Waals surface area contributed by atoms with Crippen LogP contribution < -0.4 is 15.5 Å². The first-order valence-corrected chi connectivity index (χ1v) is 6.07. The zero-order chi connectivity index (χ0) is 12.3. The van der Waals surface area contributed by atoms with Crippen LogP contribution in [-0.2, 0) is 0 Å². The highest BCUT2D eigenvalue weighted by Crippen LogP contribution is 2.27. The summed E-state index contributed by atoms with van der Waals surface area (Å²) < 4.78 is 0. The molecule has 0 spiro atoms. The number of nitrogens with one attached hydrogen (secondary N) is 2. The van der Waals surface area contributed by atoms with E-state index in [4.69, 9.17) is 11.6 Å². The number of carbonyl (C=O) groups is 1. The molecule has 0 bridgehead atoms. The summed E-state index contributed by atoms with van der Waals surface area (Å²) in [5.74, 6) is -0.112. The third-order valence-electron chi connectivity index (χ3n) is 2.89. The van der Waals surface area contributed by atoms with Crippen LogP contribution in [0.15, 0.2) is 18.2 Å². The molecule has 1 aliphatic rings. The van der Waals surface area contributed by atoms with Crippen LogP contribution in [0, 0.1) is 0 Å². The number of rotatable bonds is 2. The van der Waals surface area contributed by atoms with Gasteiger partial charge in [0.1, 0.15) is 0 Å². The second-order valence-electron chi connectivity index (χ2n) is 3.98. The first kappa shape index (κ1) is 12.2.